The average molecular weight is 277 g/mol. The van der Waals surface area contributed by atoms with Crippen LogP contribution in [-0.2, 0) is 17.8 Å². The number of rotatable bonds is 2. The lowest BCUT2D eigenvalue weighted by Gasteiger charge is -2.10. The van der Waals surface area contributed by atoms with Crippen molar-refractivity contribution in [2.45, 2.75) is 13.1 Å². The first-order valence-electron chi connectivity index (χ1n) is 5.78. The molecule has 1 aliphatic heterocycles. The first-order valence-corrected chi connectivity index (χ1v) is 5.78. The molecule has 1 amide bonds. The van der Waals surface area contributed by atoms with Crippen LogP contribution in [0.25, 0.3) is 5.82 Å². The van der Waals surface area contributed by atoms with Crippen molar-refractivity contribution in [2.75, 3.05) is 7.11 Å². The Morgan fingerprint density at radius 2 is 2.25 bits per heavy atom. The van der Waals surface area contributed by atoms with Gasteiger partial charge in [-0.25, -0.2) is 14.3 Å². The van der Waals surface area contributed by atoms with Crippen LogP contribution in [-0.4, -0.2) is 49.2 Å². The van der Waals surface area contributed by atoms with Crippen molar-refractivity contribution in [2.24, 2.45) is 0 Å². The van der Waals surface area contributed by atoms with Gasteiger partial charge in [0.2, 0.25) is 0 Å². The van der Waals surface area contributed by atoms with Crippen LogP contribution in [0.5, 0.6) is 0 Å². The van der Waals surface area contributed by atoms with Gasteiger partial charge in [0.25, 0.3) is 0 Å². The fourth-order valence-electron chi connectivity index (χ4n) is 2.12. The summed E-state index contributed by atoms with van der Waals surface area (Å²) in [5.74, 6) is -0.0673. The van der Waals surface area contributed by atoms with Crippen LogP contribution in [0, 0.1) is 0 Å². The Bertz CT molecular complexity index is 689. The lowest BCUT2D eigenvalue weighted by molar-refractivity contribution is 0.0594. The Labute approximate surface area is 112 Å². The second-order valence-electron chi connectivity index (χ2n) is 4.30. The number of nitrogens with one attached hydrogen (secondary N) is 1. The van der Waals surface area contributed by atoms with Gasteiger partial charge in [-0.1, -0.05) is 0 Å². The molecule has 104 valence electrons. The van der Waals surface area contributed by atoms with Crippen LogP contribution >= 0.6 is 0 Å². The number of methoxy groups -OCH3 is 1. The Balaban J connectivity index is 1.92. The molecule has 1 aliphatic rings. The Morgan fingerprint density at radius 1 is 1.45 bits per heavy atom. The molecular weight excluding hydrogens is 266 g/mol. The number of carbonyl (C=O) groups is 2. The first-order chi connectivity index (χ1) is 9.60. The van der Waals surface area contributed by atoms with E-state index in [0.717, 1.165) is 11.3 Å². The zero-order valence-corrected chi connectivity index (χ0v) is 10.5. The summed E-state index contributed by atoms with van der Waals surface area (Å²) in [6.45, 7) is 0.555. The average Bonchev–Trinajstić information content (AvgIpc) is 3.11. The van der Waals surface area contributed by atoms with Gasteiger partial charge in [-0.3, -0.25) is 10.00 Å². The minimum atomic E-state index is -0.979. The van der Waals surface area contributed by atoms with E-state index in [1.165, 1.54) is 22.8 Å². The summed E-state index contributed by atoms with van der Waals surface area (Å²) in [5.41, 5.74) is 1.73. The number of nitrogens with zero attached hydrogens (tertiary/aromatic N) is 4. The number of aromatic amines is 1. The zero-order valence-electron chi connectivity index (χ0n) is 10.5. The smallest absolute Gasteiger partial charge is 0.407 e. The van der Waals surface area contributed by atoms with E-state index in [1.807, 2.05) is 0 Å². The summed E-state index contributed by atoms with van der Waals surface area (Å²) >= 11 is 0. The third kappa shape index (κ3) is 1.79. The second kappa shape index (κ2) is 4.37. The Kier molecular flexibility index (Phi) is 2.67. The molecule has 0 saturated heterocycles. The molecule has 9 heteroatoms. The number of esters is 1. The summed E-state index contributed by atoms with van der Waals surface area (Å²) in [4.78, 5) is 23.6. The highest BCUT2D eigenvalue weighted by Crippen LogP contribution is 2.24. The molecular formula is C11H11N5O4. The van der Waals surface area contributed by atoms with Gasteiger partial charge in [0.05, 0.1) is 32.1 Å². The van der Waals surface area contributed by atoms with E-state index in [2.05, 4.69) is 20.0 Å². The van der Waals surface area contributed by atoms with Crippen molar-refractivity contribution in [1.82, 2.24) is 24.9 Å². The number of carboxylic acid groups (broad SMARTS) is 1. The number of aromatic nitrogens is 4. The highest BCUT2D eigenvalue weighted by molar-refractivity contribution is 5.87. The van der Waals surface area contributed by atoms with E-state index < -0.39 is 12.1 Å². The minimum absolute atomic E-state index is 0.139. The molecule has 20 heavy (non-hydrogen) atoms. The quantitative estimate of drug-likeness (QED) is 0.767. The molecule has 0 unspecified atom stereocenters. The number of fused-ring (bicyclic) bond motifs is 1. The molecule has 0 aliphatic carbocycles. The van der Waals surface area contributed by atoms with E-state index in [0.29, 0.717) is 12.4 Å². The SMILES string of the molecule is COC(=O)c1cc(-n2ncc3c2CN(C(=O)O)C3)[nH]n1. The van der Waals surface area contributed by atoms with E-state index in [-0.39, 0.29) is 12.2 Å². The molecule has 9 nitrogen and oxygen atoms in total. The van der Waals surface area contributed by atoms with Gasteiger partial charge >= 0.3 is 12.1 Å². The van der Waals surface area contributed by atoms with Crippen molar-refractivity contribution in [3.05, 3.63) is 29.2 Å². The number of hydrogen-bond donors (Lipinski definition) is 2. The molecule has 0 bridgehead atoms. The molecule has 2 N–H and O–H groups in total. The van der Waals surface area contributed by atoms with E-state index in [1.54, 1.807) is 6.20 Å². The summed E-state index contributed by atoms with van der Waals surface area (Å²) in [6, 6.07) is 1.50. The van der Waals surface area contributed by atoms with E-state index in [4.69, 9.17) is 5.11 Å². The summed E-state index contributed by atoms with van der Waals surface area (Å²) in [7, 11) is 1.27. The van der Waals surface area contributed by atoms with Gasteiger partial charge in [-0.05, 0) is 0 Å². The molecule has 0 radical (unpaired) electrons. The largest absolute Gasteiger partial charge is 0.465 e. The highest BCUT2D eigenvalue weighted by Gasteiger charge is 2.28. The number of amides is 1. The minimum Gasteiger partial charge on any atom is -0.465 e. The highest BCUT2D eigenvalue weighted by atomic mass is 16.5. The Hall–Kier alpha value is -2.84. The summed E-state index contributed by atoms with van der Waals surface area (Å²) < 4.78 is 6.11. The van der Waals surface area contributed by atoms with Crippen molar-refractivity contribution >= 4 is 12.1 Å². The van der Waals surface area contributed by atoms with Crippen LogP contribution in [0.4, 0.5) is 4.79 Å². The number of hydrogen-bond acceptors (Lipinski definition) is 5. The third-order valence-electron chi connectivity index (χ3n) is 3.11. The molecule has 0 fully saturated rings. The summed E-state index contributed by atoms with van der Waals surface area (Å²) in [5, 5.41) is 19.7. The van der Waals surface area contributed by atoms with Crippen LogP contribution in [0.15, 0.2) is 12.3 Å². The lowest BCUT2D eigenvalue weighted by atomic mass is 10.3. The molecule has 0 saturated carbocycles. The van der Waals surface area contributed by atoms with Gasteiger partial charge in [0, 0.05) is 11.6 Å². The summed E-state index contributed by atoms with van der Waals surface area (Å²) in [6.07, 6.45) is 0.629. The number of carbonyl (C=O) groups excluding carboxylic acids is 1. The Morgan fingerprint density at radius 3 is 2.95 bits per heavy atom. The van der Waals surface area contributed by atoms with Gasteiger partial charge < -0.3 is 9.84 Å². The van der Waals surface area contributed by atoms with Crippen LogP contribution in [0.2, 0.25) is 0 Å². The van der Waals surface area contributed by atoms with Crippen molar-refractivity contribution in [1.29, 1.82) is 0 Å². The van der Waals surface area contributed by atoms with Crippen LogP contribution in [0.1, 0.15) is 21.7 Å². The second-order valence-corrected chi connectivity index (χ2v) is 4.30. The molecule has 2 aromatic rings. The fraction of sp³-hybridized carbons (Fsp3) is 0.273. The predicted molar refractivity (Wildman–Crippen MR) is 64.3 cm³/mol. The maximum atomic E-state index is 11.4. The van der Waals surface area contributed by atoms with E-state index in [9.17, 15) is 9.59 Å². The van der Waals surface area contributed by atoms with Crippen LogP contribution in [0.3, 0.4) is 0 Å². The van der Waals surface area contributed by atoms with Gasteiger partial charge in [-0.15, -0.1) is 0 Å². The fourth-order valence-corrected chi connectivity index (χ4v) is 2.12. The molecule has 0 spiro atoms. The third-order valence-corrected chi connectivity index (χ3v) is 3.11. The topological polar surface area (TPSA) is 113 Å². The van der Waals surface area contributed by atoms with Gasteiger partial charge in [-0.2, -0.15) is 10.2 Å². The molecule has 3 heterocycles. The maximum Gasteiger partial charge on any atom is 0.407 e. The maximum absolute atomic E-state index is 11.4. The van der Waals surface area contributed by atoms with Crippen LogP contribution < -0.4 is 0 Å². The molecule has 3 rings (SSSR count). The van der Waals surface area contributed by atoms with Gasteiger partial charge in [0.1, 0.15) is 0 Å². The predicted octanol–water partition coefficient (Wildman–Crippen LogP) is 0.376. The van der Waals surface area contributed by atoms with Gasteiger partial charge in [0.15, 0.2) is 11.5 Å². The monoisotopic (exact) mass is 277 g/mol. The molecule has 0 aromatic carbocycles. The first kappa shape index (κ1) is 12.2. The van der Waals surface area contributed by atoms with Crippen molar-refractivity contribution in [3.8, 4) is 5.82 Å². The normalized spacial score (nSPS) is 13.3. The lowest BCUT2D eigenvalue weighted by Crippen LogP contribution is -2.23. The molecule has 0 atom stereocenters. The standard InChI is InChI=1S/C11H11N5O4/c1-20-10(17)7-2-9(14-13-7)16-8-5-15(11(18)19)4-6(8)3-12-16/h2-3H,4-5H2,1H3,(H,13,14)(H,18,19). The zero-order chi connectivity index (χ0) is 14.3. The van der Waals surface area contributed by atoms with Crippen molar-refractivity contribution < 1.29 is 19.4 Å². The molecule has 2 aromatic heterocycles. The number of H-pyrrole nitrogens is 1. The van der Waals surface area contributed by atoms with E-state index >= 15 is 0 Å². The van der Waals surface area contributed by atoms with Crippen molar-refractivity contribution in [3.63, 3.8) is 0 Å². The number of ether oxygens (including phenoxy) is 1.